The summed E-state index contributed by atoms with van der Waals surface area (Å²) in [4.78, 5) is 11.4. The van der Waals surface area contributed by atoms with Gasteiger partial charge < -0.3 is 9.84 Å². The van der Waals surface area contributed by atoms with Gasteiger partial charge in [-0.25, -0.2) is 4.79 Å². The maximum atomic E-state index is 11.4. The minimum atomic E-state index is -0.964. The highest BCUT2D eigenvalue weighted by molar-refractivity contribution is 6.30. The van der Waals surface area contributed by atoms with Gasteiger partial charge in [-0.05, 0) is 36.2 Å². The molecule has 0 amide bonds. The average Bonchev–Trinajstić information content (AvgIpc) is 2.95. The molecule has 1 N–H and O–H groups in total. The van der Waals surface area contributed by atoms with Gasteiger partial charge in [0.15, 0.2) is 0 Å². The van der Waals surface area contributed by atoms with E-state index < -0.39 is 5.97 Å². The van der Waals surface area contributed by atoms with Gasteiger partial charge in [0.25, 0.3) is 0 Å². The second kappa shape index (κ2) is 7.15. The molecule has 0 atom stereocenters. The van der Waals surface area contributed by atoms with Gasteiger partial charge in [-0.1, -0.05) is 31.5 Å². The van der Waals surface area contributed by atoms with Gasteiger partial charge in [-0.2, -0.15) is 5.10 Å². The first kappa shape index (κ1) is 17.3. The Bertz CT molecular complexity index is 918. The number of aromatic nitrogens is 2. The van der Waals surface area contributed by atoms with E-state index in [2.05, 4.69) is 18.9 Å². The standard InChI is InChI=1S/C19H19ClN2O3/c1-12(2)11-25-18-7-6-14(20)8-13(18)9-22-10-16-15(19(23)24)4-3-5-17(16)21-22/h3-8,10,12H,9,11H2,1-2H3,(H,23,24). The number of rotatable bonds is 6. The van der Waals surface area contributed by atoms with Crippen LogP contribution in [0.25, 0.3) is 10.9 Å². The molecule has 0 fully saturated rings. The molecule has 3 rings (SSSR count). The van der Waals surface area contributed by atoms with Crippen molar-refractivity contribution >= 4 is 28.5 Å². The van der Waals surface area contributed by atoms with Gasteiger partial charge in [0.1, 0.15) is 5.75 Å². The van der Waals surface area contributed by atoms with E-state index in [-0.39, 0.29) is 5.56 Å². The van der Waals surface area contributed by atoms with E-state index in [1.165, 1.54) is 0 Å². The Labute approximate surface area is 150 Å². The van der Waals surface area contributed by atoms with Crippen LogP contribution in [0.2, 0.25) is 5.02 Å². The summed E-state index contributed by atoms with van der Waals surface area (Å²) in [5.74, 6) is 0.207. The van der Waals surface area contributed by atoms with Gasteiger partial charge in [0.2, 0.25) is 0 Å². The highest BCUT2D eigenvalue weighted by Crippen LogP contribution is 2.25. The fraction of sp³-hybridized carbons (Fsp3) is 0.263. The van der Waals surface area contributed by atoms with Crippen molar-refractivity contribution in [3.8, 4) is 5.75 Å². The monoisotopic (exact) mass is 358 g/mol. The topological polar surface area (TPSA) is 64.3 Å². The molecular weight excluding hydrogens is 340 g/mol. The third-order valence-electron chi connectivity index (χ3n) is 3.75. The van der Waals surface area contributed by atoms with Crippen LogP contribution in [-0.4, -0.2) is 27.5 Å². The van der Waals surface area contributed by atoms with Crippen LogP contribution in [0.15, 0.2) is 42.6 Å². The van der Waals surface area contributed by atoms with E-state index in [0.717, 1.165) is 11.3 Å². The maximum Gasteiger partial charge on any atom is 0.336 e. The zero-order valence-corrected chi connectivity index (χ0v) is 14.8. The van der Waals surface area contributed by atoms with E-state index in [1.54, 1.807) is 35.1 Å². The zero-order chi connectivity index (χ0) is 18.0. The molecule has 1 aromatic heterocycles. The number of hydrogen-bond acceptors (Lipinski definition) is 3. The number of nitrogens with zero attached hydrogens (tertiary/aromatic N) is 2. The summed E-state index contributed by atoms with van der Waals surface area (Å²) in [6.45, 7) is 5.23. The van der Waals surface area contributed by atoms with Crippen LogP contribution in [-0.2, 0) is 6.54 Å². The Morgan fingerprint density at radius 2 is 2.12 bits per heavy atom. The highest BCUT2D eigenvalue weighted by atomic mass is 35.5. The molecule has 0 spiro atoms. The Balaban J connectivity index is 1.94. The number of carbonyl (C=O) groups is 1. The zero-order valence-electron chi connectivity index (χ0n) is 14.1. The lowest BCUT2D eigenvalue weighted by molar-refractivity contribution is 0.0699. The van der Waals surface area contributed by atoms with Gasteiger partial charge in [-0.15, -0.1) is 0 Å². The minimum Gasteiger partial charge on any atom is -0.493 e. The van der Waals surface area contributed by atoms with Crippen LogP contribution >= 0.6 is 11.6 Å². The molecule has 5 nitrogen and oxygen atoms in total. The van der Waals surface area contributed by atoms with Gasteiger partial charge in [0, 0.05) is 22.2 Å². The number of carboxylic acids is 1. The number of fused-ring (bicyclic) bond motifs is 1. The van der Waals surface area contributed by atoms with Crippen LogP contribution in [0.5, 0.6) is 5.75 Å². The normalized spacial score (nSPS) is 11.2. The van der Waals surface area contributed by atoms with Crippen LogP contribution < -0.4 is 4.74 Å². The van der Waals surface area contributed by atoms with Crippen molar-refractivity contribution in [3.63, 3.8) is 0 Å². The van der Waals surface area contributed by atoms with Crippen molar-refractivity contribution in [2.75, 3.05) is 6.61 Å². The Morgan fingerprint density at radius 1 is 1.32 bits per heavy atom. The fourth-order valence-electron chi connectivity index (χ4n) is 2.60. The lowest BCUT2D eigenvalue weighted by Crippen LogP contribution is -2.08. The Morgan fingerprint density at radius 3 is 2.84 bits per heavy atom. The molecule has 0 aliphatic heterocycles. The molecule has 3 aromatic rings. The van der Waals surface area contributed by atoms with Crippen molar-refractivity contribution in [2.45, 2.75) is 20.4 Å². The van der Waals surface area contributed by atoms with Crippen LogP contribution in [0.4, 0.5) is 0 Å². The van der Waals surface area contributed by atoms with Gasteiger partial charge in [-0.3, -0.25) is 4.68 Å². The first-order valence-corrected chi connectivity index (χ1v) is 8.42. The second-order valence-electron chi connectivity index (χ2n) is 6.33. The summed E-state index contributed by atoms with van der Waals surface area (Å²) in [7, 11) is 0. The molecule has 0 aliphatic carbocycles. The average molecular weight is 359 g/mol. The highest BCUT2D eigenvalue weighted by Gasteiger charge is 2.13. The third-order valence-corrected chi connectivity index (χ3v) is 3.99. The Hall–Kier alpha value is -2.53. The van der Waals surface area contributed by atoms with Crippen molar-refractivity contribution in [2.24, 2.45) is 5.92 Å². The predicted molar refractivity (Wildman–Crippen MR) is 97.6 cm³/mol. The molecule has 25 heavy (non-hydrogen) atoms. The quantitative estimate of drug-likeness (QED) is 0.706. The van der Waals surface area contributed by atoms with Crippen molar-refractivity contribution < 1.29 is 14.6 Å². The number of benzene rings is 2. The molecular formula is C19H19ClN2O3. The van der Waals surface area contributed by atoms with E-state index in [0.29, 0.717) is 35.0 Å². The summed E-state index contributed by atoms with van der Waals surface area (Å²) in [6.07, 6.45) is 1.74. The number of carboxylic acid groups (broad SMARTS) is 1. The van der Waals surface area contributed by atoms with E-state index >= 15 is 0 Å². The van der Waals surface area contributed by atoms with Gasteiger partial charge in [0.05, 0.1) is 24.2 Å². The second-order valence-corrected chi connectivity index (χ2v) is 6.76. The fourth-order valence-corrected chi connectivity index (χ4v) is 2.80. The number of hydrogen-bond donors (Lipinski definition) is 1. The van der Waals surface area contributed by atoms with Crippen LogP contribution in [0.1, 0.15) is 29.8 Å². The lowest BCUT2D eigenvalue weighted by atomic mass is 10.1. The molecule has 6 heteroatoms. The molecule has 0 unspecified atom stereocenters. The number of halogens is 1. The van der Waals surface area contributed by atoms with E-state index in [1.807, 2.05) is 12.1 Å². The van der Waals surface area contributed by atoms with Crippen molar-refractivity contribution in [1.82, 2.24) is 9.78 Å². The largest absolute Gasteiger partial charge is 0.493 e. The van der Waals surface area contributed by atoms with E-state index in [9.17, 15) is 9.90 Å². The van der Waals surface area contributed by atoms with Crippen molar-refractivity contribution in [3.05, 3.63) is 58.7 Å². The molecule has 2 aromatic carbocycles. The summed E-state index contributed by atoms with van der Waals surface area (Å²) >= 11 is 6.13. The SMILES string of the molecule is CC(C)COc1ccc(Cl)cc1Cn1cc2c(C(=O)O)cccc2n1. The summed E-state index contributed by atoms with van der Waals surface area (Å²) < 4.78 is 7.58. The first-order chi connectivity index (χ1) is 11.9. The maximum absolute atomic E-state index is 11.4. The summed E-state index contributed by atoms with van der Waals surface area (Å²) in [5, 5.41) is 15.0. The lowest BCUT2D eigenvalue weighted by Gasteiger charge is -2.13. The molecule has 0 bridgehead atoms. The molecule has 0 saturated heterocycles. The first-order valence-electron chi connectivity index (χ1n) is 8.04. The summed E-state index contributed by atoms with van der Waals surface area (Å²) in [6, 6.07) is 10.6. The summed E-state index contributed by atoms with van der Waals surface area (Å²) in [5.41, 5.74) is 1.79. The smallest absolute Gasteiger partial charge is 0.336 e. The predicted octanol–water partition coefficient (Wildman–Crippen LogP) is 4.47. The number of ether oxygens (including phenoxy) is 1. The third kappa shape index (κ3) is 3.94. The number of aromatic carboxylic acids is 1. The molecule has 0 radical (unpaired) electrons. The molecule has 0 aliphatic rings. The van der Waals surface area contributed by atoms with Crippen molar-refractivity contribution in [1.29, 1.82) is 0 Å². The van der Waals surface area contributed by atoms with E-state index in [4.69, 9.17) is 16.3 Å². The van der Waals surface area contributed by atoms with Crippen LogP contribution in [0, 0.1) is 5.92 Å². The Kier molecular flexibility index (Phi) is 4.95. The molecule has 130 valence electrons. The minimum absolute atomic E-state index is 0.242. The molecule has 1 heterocycles. The molecule has 0 saturated carbocycles. The van der Waals surface area contributed by atoms with Crippen LogP contribution in [0.3, 0.4) is 0 Å². The van der Waals surface area contributed by atoms with Gasteiger partial charge >= 0.3 is 5.97 Å².